The molecule has 1 heterocycles. The van der Waals surface area contributed by atoms with Crippen molar-refractivity contribution in [3.8, 4) is 5.75 Å². The minimum atomic E-state index is -3.60. The van der Waals surface area contributed by atoms with Gasteiger partial charge < -0.3 is 4.74 Å². The Morgan fingerprint density at radius 2 is 1.48 bits per heavy atom. The highest BCUT2D eigenvalue weighted by atomic mass is 32.2. The summed E-state index contributed by atoms with van der Waals surface area (Å²) in [5, 5.41) is 0. The first-order valence-electron chi connectivity index (χ1n) is 10.2. The van der Waals surface area contributed by atoms with Crippen molar-refractivity contribution in [3.63, 3.8) is 0 Å². The lowest BCUT2D eigenvalue weighted by Gasteiger charge is -2.39. The number of piperazine rings is 1. The van der Waals surface area contributed by atoms with E-state index in [1.165, 1.54) is 23.5 Å². The molecule has 0 saturated carbocycles. The first kappa shape index (κ1) is 21.5. The summed E-state index contributed by atoms with van der Waals surface area (Å²) in [5.41, 5.74) is 2.08. The van der Waals surface area contributed by atoms with Crippen LogP contribution in [0.2, 0.25) is 0 Å². The Bertz CT molecular complexity index is 1110. The van der Waals surface area contributed by atoms with Gasteiger partial charge in [0, 0.05) is 32.2 Å². The van der Waals surface area contributed by atoms with E-state index in [9.17, 15) is 12.8 Å². The Morgan fingerprint density at radius 3 is 2.13 bits per heavy atom. The monoisotopic (exact) mass is 440 g/mol. The molecular weight excluding hydrogens is 415 g/mol. The second kappa shape index (κ2) is 9.18. The van der Waals surface area contributed by atoms with Gasteiger partial charge in [0.1, 0.15) is 11.6 Å². The maximum Gasteiger partial charge on any atom is 0.243 e. The van der Waals surface area contributed by atoms with Crippen molar-refractivity contribution in [2.45, 2.75) is 10.9 Å². The van der Waals surface area contributed by atoms with Crippen LogP contribution in [0.3, 0.4) is 0 Å². The smallest absolute Gasteiger partial charge is 0.243 e. The Balaban J connectivity index is 1.56. The molecular formula is C24H25FN2O3S. The first-order chi connectivity index (χ1) is 15.0. The molecule has 1 aliphatic heterocycles. The average Bonchev–Trinajstić information content (AvgIpc) is 2.81. The number of halogens is 1. The molecule has 0 radical (unpaired) electrons. The van der Waals surface area contributed by atoms with Crippen LogP contribution in [0.25, 0.3) is 0 Å². The van der Waals surface area contributed by atoms with Crippen molar-refractivity contribution in [1.29, 1.82) is 0 Å². The van der Waals surface area contributed by atoms with Gasteiger partial charge in [-0.25, -0.2) is 12.8 Å². The van der Waals surface area contributed by atoms with Gasteiger partial charge in [-0.1, -0.05) is 48.5 Å². The number of ether oxygens (including phenoxy) is 1. The molecule has 1 atom stereocenters. The fourth-order valence-electron chi connectivity index (χ4n) is 4.01. The van der Waals surface area contributed by atoms with Gasteiger partial charge in [-0.3, -0.25) is 4.90 Å². The SMILES string of the molecule is COc1cccc(S(=O)(=O)N2CCN(C(c3ccccc3)c3ccc(F)cc3)CC2)c1. The molecule has 0 amide bonds. The highest BCUT2D eigenvalue weighted by molar-refractivity contribution is 7.89. The van der Waals surface area contributed by atoms with E-state index in [2.05, 4.69) is 4.90 Å². The molecule has 1 aliphatic rings. The highest BCUT2D eigenvalue weighted by Gasteiger charge is 2.32. The Kier molecular flexibility index (Phi) is 6.36. The summed E-state index contributed by atoms with van der Waals surface area (Å²) in [4.78, 5) is 2.48. The standard InChI is InChI=1S/C24H25FN2O3S/c1-30-22-8-5-9-23(18-22)31(28,29)27-16-14-26(15-17-27)24(19-6-3-2-4-7-19)20-10-12-21(25)13-11-20/h2-13,18,24H,14-17H2,1H3. The van der Waals surface area contributed by atoms with E-state index in [1.54, 1.807) is 36.4 Å². The van der Waals surface area contributed by atoms with Crippen LogP contribution in [0.15, 0.2) is 83.8 Å². The van der Waals surface area contributed by atoms with Crippen LogP contribution in [-0.2, 0) is 10.0 Å². The number of rotatable bonds is 6. The van der Waals surface area contributed by atoms with E-state index in [1.807, 2.05) is 30.3 Å². The maximum absolute atomic E-state index is 13.5. The number of nitrogens with zero attached hydrogens (tertiary/aromatic N) is 2. The number of hydrogen-bond acceptors (Lipinski definition) is 4. The summed E-state index contributed by atoms with van der Waals surface area (Å²) in [5.74, 6) is 0.241. The molecule has 1 saturated heterocycles. The zero-order valence-corrected chi connectivity index (χ0v) is 18.1. The fourth-order valence-corrected chi connectivity index (χ4v) is 5.47. The molecule has 0 bridgehead atoms. The van der Waals surface area contributed by atoms with Crippen molar-refractivity contribution >= 4 is 10.0 Å². The van der Waals surface area contributed by atoms with Crippen molar-refractivity contribution in [2.75, 3.05) is 33.3 Å². The van der Waals surface area contributed by atoms with Crippen molar-refractivity contribution in [3.05, 3.63) is 95.8 Å². The molecule has 31 heavy (non-hydrogen) atoms. The Morgan fingerprint density at radius 1 is 0.839 bits per heavy atom. The molecule has 1 unspecified atom stereocenters. The van der Waals surface area contributed by atoms with Crippen LogP contribution in [0.1, 0.15) is 17.2 Å². The Labute approximate surface area is 182 Å². The minimum absolute atomic E-state index is 0.0662. The predicted octanol–water partition coefficient (Wildman–Crippen LogP) is 3.93. The summed E-state index contributed by atoms with van der Waals surface area (Å²) in [7, 11) is -2.08. The summed E-state index contributed by atoms with van der Waals surface area (Å²) in [6, 6.07) is 23.0. The third kappa shape index (κ3) is 4.63. The van der Waals surface area contributed by atoms with Gasteiger partial charge in [-0.15, -0.1) is 0 Å². The molecule has 0 spiro atoms. The Hall–Kier alpha value is -2.74. The molecule has 0 aromatic heterocycles. The number of sulfonamides is 1. The second-order valence-electron chi connectivity index (χ2n) is 7.48. The van der Waals surface area contributed by atoms with Crippen LogP contribution in [-0.4, -0.2) is 50.9 Å². The number of methoxy groups -OCH3 is 1. The van der Waals surface area contributed by atoms with Crippen LogP contribution in [0.5, 0.6) is 5.75 Å². The van der Waals surface area contributed by atoms with Gasteiger partial charge in [0.15, 0.2) is 0 Å². The van der Waals surface area contributed by atoms with E-state index in [4.69, 9.17) is 4.74 Å². The minimum Gasteiger partial charge on any atom is -0.497 e. The highest BCUT2D eigenvalue weighted by Crippen LogP contribution is 2.31. The zero-order chi connectivity index (χ0) is 21.8. The van der Waals surface area contributed by atoms with Crippen molar-refractivity contribution in [2.24, 2.45) is 0 Å². The lowest BCUT2D eigenvalue weighted by atomic mass is 9.96. The summed E-state index contributed by atoms with van der Waals surface area (Å²) < 4.78 is 46.4. The molecule has 7 heteroatoms. The van der Waals surface area contributed by atoms with Crippen molar-refractivity contribution < 1.29 is 17.5 Å². The topological polar surface area (TPSA) is 49.9 Å². The molecule has 1 fully saturated rings. The summed E-state index contributed by atoms with van der Waals surface area (Å²) >= 11 is 0. The first-order valence-corrected chi connectivity index (χ1v) is 11.6. The largest absolute Gasteiger partial charge is 0.497 e. The second-order valence-corrected chi connectivity index (χ2v) is 9.42. The fraction of sp³-hybridized carbons (Fsp3) is 0.250. The van der Waals surface area contributed by atoms with Gasteiger partial charge >= 0.3 is 0 Å². The van der Waals surface area contributed by atoms with Crippen LogP contribution in [0.4, 0.5) is 4.39 Å². The maximum atomic E-state index is 13.5. The van der Waals surface area contributed by atoms with E-state index in [0.717, 1.165) is 11.1 Å². The molecule has 4 rings (SSSR count). The van der Waals surface area contributed by atoms with Crippen LogP contribution >= 0.6 is 0 Å². The van der Waals surface area contributed by atoms with Gasteiger partial charge in [-0.05, 0) is 35.4 Å². The molecule has 162 valence electrons. The van der Waals surface area contributed by atoms with Gasteiger partial charge in [0.2, 0.25) is 10.0 Å². The van der Waals surface area contributed by atoms with Gasteiger partial charge in [-0.2, -0.15) is 4.31 Å². The molecule has 3 aromatic rings. The van der Waals surface area contributed by atoms with Gasteiger partial charge in [0.25, 0.3) is 0 Å². The normalized spacial score (nSPS) is 16.7. The van der Waals surface area contributed by atoms with Crippen LogP contribution < -0.4 is 4.74 Å². The van der Waals surface area contributed by atoms with Crippen molar-refractivity contribution in [1.82, 2.24) is 9.21 Å². The zero-order valence-electron chi connectivity index (χ0n) is 17.3. The van der Waals surface area contributed by atoms with E-state index >= 15 is 0 Å². The van der Waals surface area contributed by atoms with Crippen LogP contribution in [0, 0.1) is 5.82 Å². The van der Waals surface area contributed by atoms with E-state index < -0.39 is 10.0 Å². The number of hydrogen-bond donors (Lipinski definition) is 0. The number of benzene rings is 3. The average molecular weight is 441 g/mol. The third-order valence-corrected chi connectivity index (χ3v) is 7.51. The molecule has 5 nitrogen and oxygen atoms in total. The molecule has 0 aliphatic carbocycles. The third-order valence-electron chi connectivity index (χ3n) is 5.62. The van der Waals surface area contributed by atoms with E-state index in [0.29, 0.717) is 31.9 Å². The molecule has 3 aromatic carbocycles. The summed E-state index contributed by atoms with van der Waals surface area (Å²) in [6.07, 6.45) is 0. The quantitative estimate of drug-likeness (QED) is 0.583. The lowest BCUT2D eigenvalue weighted by Crippen LogP contribution is -2.49. The predicted molar refractivity (Wildman–Crippen MR) is 118 cm³/mol. The molecule has 0 N–H and O–H groups in total. The lowest BCUT2D eigenvalue weighted by molar-refractivity contribution is 0.155. The van der Waals surface area contributed by atoms with E-state index in [-0.39, 0.29) is 16.8 Å². The summed E-state index contributed by atoms with van der Waals surface area (Å²) in [6.45, 7) is 1.90. The van der Waals surface area contributed by atoms with Gasteiger partial charge in [0.05, 0.1) is 18.0 Å².